The summed E-state index contributed by atoms with van der Waals surface area (Å²) in [7, 11) is 3.94. The number of benzene rings is 1. The molecule has 0 aromatic heterocycles. The lowest BCUT2D eigenvalue weighted by molar-refractivity contribution is 0.727. The summed E-state index contributed by atoms with van der Waals surface area (Å²) in [4.78, 5) is 2.00. The second-order valence-corrected chi connectivity index (χ2v) is 2.78. The van der Waals surface area contributed by atoms with Crippen LogP contribution in [0.15, 0.2) is 30.6 Å². The Morgan fingerprint density at radius 2 is 1.75 bits per heavy atom. The van der Waals surface area contributed by atoms with E-state index in [1.54, 1.807) is 0 Å². The molecule has 0 aliphatic carbocycles. The van der Waals surface area contributed by atoms with Gasteiger partial charge in [-0.1, -0.05) is 12.1 Å². The Balaban J connectivity index is 2.85. The SMILES string of the molecule is CN(C)c1ccc(/C=C\F)cc1. The summed E-state index contributed by atoms with van der Waals surface area (Å²) in [6, 6.07) is 7.67. The zero-order valence-corrected chi connectivity index (χ0v) is 7.29. The number of halogens is 1. The van der Waals surface area contributed by atoms with E-state index in [9.17, 15) is 4.39 Å². The Hall–Kier alpha value is -1.31. The molecular formula is C10H12FN. The first-order valence-electron chi connectivity index (χ1n) is 3.78. The first-order valence-corrected chi connectivity index (χ1v) is 3.78. The predicted octanol–water partition coefficient (Wildman–Crippen LogP) is 2.69. The smallest absolute Gasteiger partial charge is 0.0872 e. The van der Waals surface area contributed by atoms with Gasteiger partial charge >= 0.3 is 0 Å². The van der Waals surface area contributed by atoms with Crippen molar-refractivity contribution in [2.24, 2.45) is 0 Å². The molecule has 1 aromatic carbocycles. The van der Waals surface area contributed by atoms with Crippen LogP contribution in [0.3, 0.4) is 0 Å². The lowest BCUT2D eigenvalue weighted by Gasteiger charge is -2.11. The van der Waals surface area contributed by atoms with Crippen LogP contribution >= 0.6 is 0 Å². The molecule has 2 heteroatoms. The number of hydrogen-bond acceptors (Lipinski definition) is 1. The standard InChI is InChI=1S/C10H12FN/c1-12(2)10-5-3-9(4-6-10)7-8-11/h3-8H,1-2H3/b8-7-. The van der Waals surface area contributed by atoms with Gasteiger partial charge in [0.15, 0.2) is 0 Å². The lowest BCUT2D eigenvalue weighted by Crippen LogP contribution is -2.07. The third-order valence-electron chi connectivity index (χ3n) is 1.66. The summed E-state index contributed by atoms with van der Waals surface area (Å²) in [6.07, 6.45) is 1.98. The fraction of sp³-hybridized carbons (Fsp3) is 0.200. The summed E-state index contributed by atoms with van der Waals surface area (Å²) in [5, 5.41) is 0. The highest BCUT2D eigenvalue weighted by Gasteiger charge is 1.92. The monoisotopic (exact) mass is 165 g/mol. The lowest BCUT2D eigenvalue weighted by atomic mass is 10.2. The highest BCUT2D eigenvalue weighted by molar-refractivity contribution is 5.54. The van der Waals surface area contributed by atoms with Crippen LogP contribution in [0, 0.1) is 0 Å². The third kappa shape index (κ3) is 2.09. The topological polar surface area (TPSA) is 3.24 Å². The van der Waals surface area contributed by atoms with Crippen LogP contribution in [-0.2, 0) is 0 Å². The van der Waals surface area contributed by atoms with E-state index in [4.69, 9.17) is 0 Å². The van der Waals surface area contributed by atoms with Crippen LogP contribution in [-0.4, -0.2) is 14.1 Å². The van der Waals surface area contributed by atoms with E-state index in [-0.39, 0.29) is 0 Å². The maximum absolute atomic E-state index is 11.7. The van der Waals surface area contributed by atoms with E-state index in [1.165, 1.54) is 6.08 Å². The van der Waals surface area contributed by atoms with Crippen molar-refractivity contribution in [2.75, 3.05) is 19.0 Å². The molecule has 0 aliphatic rings. The summed E-state index contributed by atoms with van der Waals surface area (Å²) in [5.41, 5.74) is 1.99. The summed E-state index contributed by atoms with van der Waals surface area (Å²) < 4.78 is 11.7. The minimum Gasteiger partial charge on any atom is -0.378 e. The van der Waals surface area contributed by atoms with E-state index >= 15 is 0 Å². The first kappa shape index (κ1) is 8.78. The molecule has 0 amide bonds. The summed E-state index contributed by atoms with van der Waals surface area (Å²) in [6.45, 7) is 0. The molecule has 0 heterocycles. The molecule has 0 spiro atoms. The van der Waals surface area contributed by atoms with E-state index in [1.807, 2.05) is 43.3 Å². The zero-order valence-electron chi connectivity index (χ0n) is 7.29. The molecule has 0 saturated heterocycles. The van der Waals surface area contributed by atoms with Crippen LogP contribution in [0.1, 0.15) is 5.56 Å². The second-order valence-electron chi connectivity index (χ2n) is 2.78. The Labute approximate surface area is 72.1 Å². The quantitative estimate of drug-likeness (QED) is 0.651. The predicted molar refractivity (Wildman–Crippen MR) is 50.9 cm³/mol. The van der Waals surface area contributed by atoms with E-state index in [0.29, 0.717) is 6.33 Å². The molecule has 64 valence electrons. The van der Waals surface area contributed by atoms with E-state index in [2.05, 4.69) is 0 Å². The van der Waals surface area contributed by atoms with Crippen molar-refractivity contribution in [1.82, 2.24) is 0 Å². The average Bonchev–Trinajstić information content (AvgIpc) is 2.06. The number of hydrogen-bond donors (Lipinski definition) is 0. The molecular weight excluding hydrogens is 153 g/mol. The van der Waals surface area contributed by atoms with Crippen LogP contribution in [0.4, 0.5) is 10.1 Å². The Morgan fingerprint density at radius 3 is 2.17 bits per heavy atom. The van der Waals surface area contributed by atoms with Crippen molar-refractivity contribution in [3.8, 4) is 0 Å². The van der Waals surface area contributed by atoms with Gasteiger partial charge in [0.2, 0.25) is 0 Å². The van der Waals surface area contributed by atoms with E-state index < -0.39 is 0 Å². The average molecular weight is 165 g/mol. The van der Waals surface area contributed by atoms with Gasteiger partial charge in [0.1, 0.15) is 0 Å². The first-order chi connectivity index (χ1) is 5.74. The molecule has 12 heavy (non-hydrogen) atoms. The summed E-state index contributed by atoms with van der Waals surface area (Å²) in [5.74, 6) is 0. The molecule has 1 nitrogen and oxygen atoms in total. The maximum atomic E-state index is 11.7. The Kier molecular flexibility index (Phi) is 2.86. The second kappa shape index (κ2) is 3.90. The minimum atomic E-state index is 0.546. The van der Waals surface area contributed by atoms with Crippen molar-refractivity contribution in [3.05, 3.63) is 36.2 Å². The molecule has 0 N–H and O–H groups in total. The highest BCUT2D eigenvalue weighted by atomic mass is 19.1. The zero-order chi connectivity index (χ0) is 8.97. The van der Waals surface area contributed by atoms with Crippen LogP contribution in [0.25, 0.3) is 6.08 Å². The van der Waals surface area contributed by atoms with E-state index in [0.717, 1.165) is 11.3 Å². The molecule has 0 radical (unpaired) electrons. The van der Waals surface area contributed by atoms with Crippen molar-refractivity contribution in [3.63, 3.8) is 0 Å². The van der Waals surface area contributed by atoms with Gasteiger partial charge in [0.25, 0.3) is 0 Å². The van der Waals surface area contributed by atoms with Crippen molar-refractivity contribution in [1.29, 1.82) is 0 Å². The maximum Gasteiger partial charge on any atom is 0.0872 e. The Bertz CT molecular complexity index is 262. The number of nitrogens with zero attached hydrogens (tertiary/aromatic N) is 1. The molecule has 0 atom stereocenters. The summed E-state index contributed by atoms with van der Waals surface area (Å²) >= 11 is 0. The van der Waals surface area contributed by atoms with Gasteiger partial charge in [0.05, 0.1) is 6.33 Å². The van der Waals surface area contributed by atoms with Gasteiger partial charge in [-0.3, -0.25) is 0 Å². The number of rotatable bonds is 2. The molecule has 0 saturated carbocycles. The molecule has 0 bridgehead atoms. The van der Waals surface area contributed by atoms with Gasteiger partial charge in [-0.2, -0.15) is 0 Å². The van der Waals surface area contributed by atoms with Crippen LogP contribution in [0.5, 0.6) is 0 Å². The third-order valence-corrected chi connectivity index (χ3v) is 1.66. The van der Waals surface area contributed by atoms with Crippen LogP contribution in [0.2, 0.25) is 0 Å². The van der Waals surface area contributed by atoms with Gasteiger partial charge in [-0.25, -0.2) is 4.39 Å². The van der Waals surface area contributed by atoms with Gasteiger partial charge in [-0.05, 0) is 23.8 Å². The molecule has 0 unspecified atom stereocenters. The van der Waals surface area contributed by atoms with Crippen molar-refractivity contribution >= 4 is 11.8 Å². The molecule has 0 aliphatic heterocycles. The molecule has 1 rings (SSSR count). The van der Waals surface area contributed by atoms with Gasteiger partial charge < -0.3 is 4.90 Å². The number of anilines is 1. The molecule has 0 fully saturated rings. The van der Waals surface area contributed by atoms with Crippen molar-refractivity contribution in [2.45, 2.75) is 0 Å². The highest BCUT2D eigenvalue weighted by Crippen LogP contribution is 2.12. The minimum absolute atomic E-state index is 0.546. The fourth-order valence-corrected chi connectivity index (χ4v) is 0.956. The largest absolute Gasteiger partial charge is 0.378 e. The van der Waals surface area contributed by atoms with Gasteiger partial charge in [-0.15, -0.1) is 0 Å². The van der Waals surface area contributed by atoms with Gasteiger partial charge in [0, 0.05) is 19.8 Å². The van der Waals surface area contributed by atoms with Crippen LogP contribution < -0.4 is 4.90 Å². The fourth-order valence-electron chi connectivity index (χ4n) is 0.956. The normalized spacial score (nSPS) is 10.6. The Morgan fingerprint density at radius 1 is 1.17 bits per heavy atom. The molecule has 1 aromatic rings. The van der Waals surface area contributed by atoms with Crippen molar-refractivity contribution < 1.29 is 4.39 Å².